The van der Waals surface area contributed by atoms with Crippen LogP contribution in [0.2, 0.25) is 25.7 Å². The number of alkyl carbamates (subject to hydrolysis) is 1. The number of carbonyl (C=O) groups excluding carboxylic acids is 3. The molecule has 4 aromatic carbocycles. The Balaban J connectivity index is 1.47. The Kier molecular flexibility index (Phi) is 16.1. The third kappa shape index (κ3) is 13.6. The van der Waals surface area contributed by atoms with Crippen molar-refractivity contribution in [1.29, 1.82) is 0 Å². The number of rotatable bonds is 18. The fourth-order valence-corrected chi connectivity index (χ4v) is 8.02. The Hall–Kier alpha value is -6.28. The maximum absolute atomic E-state index is 15.4. The first-order valence-electron chi connectivity index (χ1n) is 21.2. The van der Waals surface area contributed by atoms with E-state index in [9.17, 15) is 28.7 Å². The second-order valence-electron chi connectivity index (χ2n) is 18.0. The lowest BCUT2D eigenvalue weighted by Crippen LogP contribution is -2.44. The summed E-state index contributed by atoms with van der Waals surface area (Å²) in [5, 5.41) is 15.5. The zero-order valence-electron chi connectivity index (χ0n) is 37.2. The lowest BCUT2D eigenvalue weighted by atomic mass is 9.82. The van der Waals surface area contributed by atoms with E-state index in [1.165, 1.54) is 6.92 Å². The molecule has 0 saturated heterocycles. The predicted octanol–water partition coefficient (Wildman–Crippen LogP) is 10.7. The minimum absolute atomic E-state index is 0.0195. The van der Waals surface area contributed by atoms with Gasteiger partial charge in [0, 0.05) is 68.5 Å². The number of nitrogens with one attached hydrogen (secondary N) is 2. The van der Waals surface area contributed by atoms with Gasteiger partial charge in [-0.05, 0) is 84.5 Å². The molecule has 0 bridgehead atoms. The maximum Gasteiger partial charge on any atom is 0.408 e. The molecule has 0 aliphatic rings. The molecular weight excluding hydrogens is 821 g/mol. The van der Waals surface area contributed by atoms with Gasteiger partial charge in [-0.1, -0.05) is 101 Å². The van der Waals surface area contributed by atoms with E-state index >= 15 is 4.39 Å². The highest BCUT2D eigenvalue weighted by atomic mass is 28.3. The van der Waals surface area contributed by atoms with Crippen molar-refractivity contribution in [3.8, 4) is 11.1 Å². The highest BCUT2D eigenvalue weighted by molar-refractivity contribution is 6.76. The number of carboxylic acid groups (broad SMARTS) is 1. The van der Waals surface area contributed by atoms with Crippen LogP contribution in [0.15, 0.2) is 115 Å². The Labute approximate surface area is 370 Å². The molecule has 11 nitrogen and oxygen atoms in total. The van der Waals surface area contributed by atoms with Crippen LogP contribution in [0.5, 0.6) is 0 Å². The van der Waals surface area contributed by atoms with Crippen LogP contribution < -0.4 is 10.6 Å². The normalized spacial score (nSPS) is 12.5. The van der Waals surface area contributed by atoms with Crippen molar-refractivity contribution in [2.24, 2.45) is 5.41 Å². The Morgan fingerprint density at radius 3 is 2.08 bits per heavy atom. The smallest absolute Gasteiger partial charge is 0.408 e. The summed E-state index contributed by atoms with van der Waals surface area (Å²) < 4.78 is 37.3. The molecule has 0 spiro atoms. The van der Waals surface area contributed by atoms with E-state index in [1.807, 2.05) is 67.8 Å². The maximum atomic E-state index is 15.4. The first-order valence-corrected chi connectivity index (χ1v) is 24.9. The number of benzene rings is 4. The monoisotopic (exact) mass is 879 g/mol. The van der Waals surface area contributed by atoms with Crippen LogP contribution in [-0.2, 0) is 22.6 Å². The van der Waals surface area contributed by atoms with Gasteiger partial charge in [0.1, 0.15) is 17.7 Å². The molecule has 3 N–H and O–H groups in total. The van der Waals surface area contributed by atoms with Gasteiger partial charge in [0.25, 0.3) is 5.91 Å². The number of amides is 4. The molecule has 5 aromatic rings. The standard InChI is InChI=1S/C49H59F2N5O6Si/c1-34(56(48(60)61)32-36-17-12-9-13-18-36)45(57)53-40-22-19-37(20-23-40)46(58)55(26-14-25-52-47(59)62-27-28-63(5,6)7)44(49(2,3)4)43-29-38(41-30-39(50)21-24-42(41)51)33-54(43)31-35-15-10-8-11-16-35/h8-13,15-24,29-30,33-34,44H,14,25-28,31-32H2,1-7H3,(H,52,59)(H,53,57)(H,60,61). The lowest BCUT2D eigenvalue weighted by molar-refractivity contribution is -0.120. The van der Waals surface area contributed by atoms with Gasteiger partial charge < -0.3 is 29.9 Å². The average Bonchev–Trinajstić information content (AvgIpc) is 3.63. The van der Waals surface area contributed by atoms with Crippen LogP contribution in [0.3, 0.4) is 0 Å². The van der Waals surface area contributed by atoms with Crippen LogP contribution in [-0.4, -0.2) is 77.3 Å². The van der Waals surface area contributed by atoms with Crippen molar-refractivity contribution in [2.75, 3.05) is 25.0 Å². The SMILES string of the molecule is CC(C(=O)Nc1ccc(C(=O)N(CCCNC(=O)OCC[Si](C)(C)C)C(c2cc(-c3cc(F)ccc3F)cn2Cc2ccccc2)C(C)(C)C)cc1)N(Cc1ccccc1)C(=O)O. The first-order chi connectivity index (χ1) is 29.8. The second kappa shape index (κ2) is 21.2. The topological polar surface area (TPSA) is 133 Å². The van der Waals surface area contributed by atoms with Gasteiger partial charge in [-0.3, -0.25) is 14.5 Å². The van der Waals surface area contributed by atoms with E-state index in [-0.39, 0.29) is 31.1 Å². The van der Waals surface area contributed by atoms with E-state index in [2.05, 4.69) is 30.3 Å². The zero-order chi connectivity index (χ0) is 45.9. The first kappa shape index (κ1) is 47.8. The van der Waals surface area contributed by atoms with Crippen molar-refractivity contribution in [2.45, 2.75) is 85.0 Å². The molecule has 63 heavy (non-hydrogen) atoms. The molecule has 14 heteroatoms. The van der Waals surface area contributed by atoms with Gasteiger partial charge in [0.2, 0.25) is 5.91 Å². The van der Waals surface area contributed by atoms with Crippen molar-refractivity contribution in [1.82, 2.24) is 19.7 Å². The van der Waals surface area contributed by atoms with Crippen molar-refractivity contribution >= 4 is 37.8 Å². The van der Waals surface area contributed by atoms with Gasteiger partial charge in [-0.15, -0.1) is 0 Å². The van der Waals surface area contributed by atoms with E-state index in [1.54, 1.807) is 59.6 Å². The number of anilines is 1. The highest BCUT2D eigenvalue weighted by Gasteiger charge is 2.38. The number of aromatic nitrogens is 1. The highest BCUT2D eigenvalue weighted by Crippen LogP contribution is 2.42. The lowest BCUT2D eigenvalue weighted by Gasteiger charge is -2.41. The van der Waals surface area contributed by atoms with Crippen molar-refractivity contribution in [3.63, 3.8) is 0 Å². The van der Waals surface area contributed by atoms with Crippen LogP contribution in [0.1, 0.15) is 67.3 Å². The number of hydrogen-bond donors (Lipinski definition) is 3. The van der Waals surface area contributed by atoms with Crippen LogP contribution in [0.4, 0.5) is 24.1 Å². The van der Waals surface area contributed by atoms with Gasteiger partial charge in [0.15, 0.2) is 0 Å². The molecule has 5 rings (SSSR count). The second-order valence-corrected chi connectivity index (χ2v) is 23.6. The molecule has 0 aliphatic carbocycles. The van der Waals surface area contributed by atoms with E-state index in [0.29, 0.717) is 42.1 Å². The summed E-state index contributed by atoms with van der Waals surface area (Å²) >= 11 is 0. The molecule has 0 saturated carbocycles. The fraction of sp³-hybridized carbons (Fsp3) is 0.347. The summed E-state index contributed by atoms with van der Waals surface area (Å²) in [5.74, 6) is -2.06. The number of hydrogen-bond acceptors (Lipinski definition) is 5. The molecular formula is C49H59F2N5O6Si. The quantitative estimate of drug-likeness (QED) is 0.0593. The van der Waals surface area contributed by atoms with E-state index in [4.69, 9.17) is 4.74 Å². The molecule has 1 aromatic heterocycles. The number of halogens is 2. The summed E-state index contributed by atoms with van der Waals surface area (Å²) in [5.41, 5.74) is 2.97. The molecule has 2 unspecified atom stereocenters. The zero-order valence-corrected chi connectivity index (χ0v) is 38.2. The number of carbonyl (C=O) groups is 4. The van der Waals surface area contributed by atoms with Crippen LogP contribution >= 0.6 is 0 Å². The fourth-order valence-electron chi connectivity index (χ4n) is 7.30. The summed E-state index contributed by atoms with van der Waals surface area (Å²) in [6, 6.07) is 29.4. The van der Waals surface area contributed by atoms with Gasteiger partial charge in [-0.25, -0.2) is 18.4 Å². The van der Waals surface area contributed by atoms with Crippen LogP contribution in [0.25, 0.3) is 11.1 Å². The minimum atomic E-state index is -1.41. The van der Waals surface area contributed by atoms with Gasteiger partial charge in [-0.2, -0.15) is 0 Å². The molecule has 0 radical (unpaired) electrons. The minimum Gasteiger partial charge on any atom is -0.465 e. The Morgan fingerprint density at radius 1 is 0.841 bits per heavy atom. The van der Waals surface area contributed by atoms with Crippen molar-refractivity contribution < 1.29 is 37.8 Å². The Morgan fingerprint density at radius 2 is 1.48 bits per heavy atom. The summed E-state index contributed by atoms with van der Waals surface area (Å²) in [7, 11) is -1.41. The molecule has 0 aliphatic heterocycles. The average molecular weight is 880 g/mol. The third-order valence-corrected chi connectivity index (χ3v) is 12.4. The van der Waals surface area contributed by atoms with Gasteiger partial charge >= 0.3 is 12.2 Å². The number of nitrogens with zero attached hydrogens (tertiary/aromatic N) is 3. The van der Waals surface area contributed by atoms with E-state index in [0.717, 1.165) is 40.3 Å². The van der Waals surface area contributed by atoms with Crippen molar-refractivity contribution in [3.05, 3.63) is 149 Å². The number of ether oxygens (including phenoxy) is 1. The Bertz CT molecular complexity index is 2330. The van der Waals surface area contributed by atoms with Gasteiger partial charge in [0.05, 0.1) is 12.6 Å². The molecule has 2 atom stereocenters. The molecule has 4 amide bonds. The summed E-state index contributed by atoms with van der Waals surface area (Å²) in [6.45, 7) is 15.3. The molecule has 334 valence electrons. The predicted molar refractivity (Wildman–Crippen MR) is 245 cm³/mol. The largest absolute Gasteiger partial charge is 0.465 e. The molecule has 0 fully saturated rings. The van der Waals surface area contributed by atoms with Crippen LogP contribution in [0, 0.1) is 17.0 Å². The summed E-state index contributed by atoms with van der Waals surface area (Å²) in [4.78, 5) is 55.9. The summed E-state index contributed by atoms with van der Waals surface area (Å²) in [6.07, 6.45) is 0.369. The van der Waals surface area contributed by atoms with E-state index < -0.39 is 55.3 Å². The molecule has 1 heterocycles. The third-order valence-electron chi connectivity index (χ3n) is 10.7.